The molecule has 5 nitrogen and oxygen atoms in total. The highest BCUT2D eigenvalue weighted by atomic mass is 35.5. The van der Waals surface area contributed by atoms with Crippen LogP contribution in [0.15, 0.2) is 36.8 Å². The van der Waals surface area contributed by atoms with Gasteiger partial charge in [-0.05, 0) is 61.9 Å². The van der Waals surface area contributed by atoms with Crippen LogP contribution in [0, 0.1) is 12.7 Å². The third kappa shape index (κ3) is 3.94. The van der Waals surface area contributed by atoms with E-state index in [0.717, 1.165) is 59.1 Å². The Kier molecular flexibility index (Phi) is 5.93. The van der Waals surface area contributed by atoms with E-state index in [-0.39, 0.29) is 17.0 Å². The smallest absolute Gasteiger partial charge is 0.142 e. The van der Waals surface area contributed by atoms with Crippen molar-refractivity contribution in [2.75, 3.05) is 0 Å². The van der Waals surface area contributed by atoms with Crippen LogP contribution in [0.1, 0.15) is 61.4 Å². The number of hydrogen-bond acceptors (Lipinski definition) is 3. The zero-order valence-corrected chi connectivity index (χ0v) is 20.0. The summed E-state index contributed by atoms with van der Waals surface area (Å²) in [5.74, 6) is -0.719. The van der Waals surface area contributed by atoms with Gasteiger partial charge in [0.15, 0.2) is 0 Å². The average molecular weight is 487 g/mol. The Morgan fingerprint density at radius 2 is 1.94 bits per heavy atom. The van der Waals surface area contributed by atoms with Gasteiger partial charge in [0.1, 0.15) is 11.5 Å². The molecule has 1 unspecified atom stereocenters. The number of nitrogens with zero attached hydrogens (tertiary/aromatic N) is 3. The minimum Gasteiger partial charge on any atom is -0.393 e. The van der Waals surface area contributed by atoms with E-state index in [2.05, 4.69) is 32.7 Å². The zero-order valence-electron chi connectivity index (χ0n) is 18.4. The molecule has 0 aliphatic heterocycles. The molecule has 1 saturated carbocycles. The Bertz CT molecular complexity index is 1320. The molecular weight excluding hydrogens is 462 g/mol. The third-order valence-corrected chi connectivity index (χ3v) is 7.62. The molecular formula is C25H25Cl2FN4O. The number of fused-ring (bicyclic) bond motifs is 1. The Labute approximate surface area is 201 Å². The molecule has 0 amide bonds. The van der Waals surface area contributed by atoms with Crippen LogP contribution in [0.3, 0.4) is 0 Å². The lowest BCUT2D eigenvalue weighted by Crippen LogP contribution is -2.22. The largest absolute Gasteiger partial charge is 0.393 e. The lowest BCUT2D eigenvalue weighted by atomic mass is 9.92. The molecule has 1 fully saturated rings. The van der Waals surface area contributed by atoms with E-state index in [0.29, 0.717) is 16.6 Å². The second kappa shape index (κ2) is 8.75. The summed E-state index contributed by atoms with van der Waals surface area (Å²) < 4.78 is 16.2. The van der Waals surface area contributed by atoms with Gasteiger partial charge in [-0.1, -0.05) is 30.1 Å². The van der Waals surface area contributed by atoms with Gasteiger partial charge in [0.25, 0.3) is 0 Å². The van der Waals surface area contributed by atoms with Gasteiger partial charge in [0.2, 0.25) is 0 Å². The lowest BCUT2D eigenvalue weighted by molar-refractivity contribution is 0.107. The van der Waals surface area contributed by atoms with Gasteiger partial charge >= 0.3 is 0 Å². The fraction of sp³-hybridized carbons (Fsp3) is 0.360. The predicted molar refractivity (Wildman–Crippen MR) is 130 cm³/mol. The first-order chi connectivity index (χ1) is 15.8. The monoisotopic (exact) mass is 486 g/mol. The minimum atomic E-state index is -0.486. The van der Waals surface area contributed by atoms with E-state index in [1.54, 1.807) is 0 Å². The SMILES string of the molecule is Cc1c(-c2cnc3[nH]cc(C(C)c4c(Cl)ccc(F)c4Cl)c3c2)cnn1C1CCC(O)CC1. The standard InChI is InChI=1S/C25H25Cl2FN4O/c1-13(23-21(26)7-8-22(28)24(23)27)19-11-30-25-18(19)9-15(10-29-25)20-12-31-32(14(20)2)16-3-5-17(33)6-4-16/h7-13,16-17,33H,3-6H2,1-2H3,(H,29,30). The van der Waals surface area contributed by atoms with Crippen LogP contribution in [0.2, 0.25) is 10.0 Å². The number of aromatic amines is 1. The number of halogens is 3. The first kappa shape index (κ1) is 22.4. The number of aromatic nitrogens is 4. The molecule has 172 valence electrons. The molecule has 1 aliphatic carbocycles. The fourth-order valence-corrected chi connectivity index (χ4v) is 5.70. The van der Waals surface area contributed by atoms with Gasteiger partial charge in [-0.3, -0.25) is 4.68 Å². The molecule has 1 atom stereocenters. The molecule has 0 saturated heterocycles. The minimum absolute atomic E-state index is 0.0446. The Balaban J connectivity index is 1.53. The van der Waals surface area contributed by atoms with Gasteiger partial charge in [-0.15, -0.1) is 0 Å². The summed E-state index contributed by atoms with van der Waals surface area (Å²) in [5, 5.41) is 15.9. The molecule has 1 aromatic carbocycles. The van der Waals surface area contributed by atoms with Crippen molar-refractivity contribution in [1.82, 2.24) is 19.7 Å². The van der Waals surface area contributed by atoms with Crippen molar-refractivity contribution in [3.05, 3.63) is 69.5 Å². The maximum absolute atomic E-state index is 14.1. The van der Waals surface area contributed by atoms with E-state index >= 15 is 0 Å². The lowest BCUT2D eigenvalue weighted by Gasteiger charge is -2.26. The molecule has 33 heavy (non-hydrogen) atoms. The number of nitrogens with one attached hydrogen (secondary N) is 1. The van der Waals surface area contributed by atoms with E-state index < -0.39 is 5.82 Å². The predicted octanol–water partition coefficient (Wildman–Crippen LogP) is 6.81. The van der Waals surface area contributed by atoms with Gasteiger partial charge in [0, 0.05) is 45.5 Å². The first-order valence-electron chi connectivity index (χ1n) is 11.2. The van der Waals surface area contributed by atoms with Crippen LogP contribution in [0.4, 0.5) is 4.39 Å². The maximum atomic E-state index is 14.1. The summed E-state index contributed by atoms with van der Waals surface area (Å²) in [6, 6.07) is 5.21. The Morgan fingerprint density at radius 1 is 1.18 bits per heavy atom. The highest BCUT2D eigenvalue weighted by Gasteiger charge is 2.25. The average Bonchev–Trinajstić information content (AvgIpc) is 3.40. The van der Waals surface area contributed by atoms with E-state index in [4.69, 9.17) is 23.2 Å². The van der Waals surface area contributed by atoms with Crippen molar-refractivity contribution in [3.8, 4) is 11.1 Å². The van der Waals surface area contributed by atoms with Crippen molar-refractivity contribution in [2.24, 2.45) is 0 Å². The molecule has 0 spiro atoms. The quantitative estimate of drug-likeness (QED) is 0.311. The van der Waals surface area contributed by atoms with Crippen molar-refractivity contribution in [2.45, 2.75) is 57.6 Å². The summed E-state index contributed by atoms with van der Waals surface area (Å²) in [6.45, 7) is 4.03. The number of aliphatic hydroxyl groups excluding tert-OH is 1. The zero-order chi connectivity index (χ0) is 23.3. The molecule has 8 heteroatoms. The van der Waals surface area contributed by atoms with Crippen molar-refractivity contribution < 1.29 is 9.50 Å². The summed E-state index contributed by atoms with van der Waals surface area (Å²) in [6.07, 6.45) is 8.88. The van der Waals surface area contributed by atoms with E-state index in [9.17, 15) is 9.50 Å². The highest BCUT2D eigenvalue weighted by Crippen LogP contribution is 2.40. The summed E-state index contributed by atoms with van der Waals surface area (Å²) >= 11 is 12.7. The Morgan fingerprint density at radius 3 is 2.70 bits per heavy atom. The number of hydrogen-bond donors (Lipinski definition) is 2. The second-order valence-corrected chi connectivity index (χ2v) is 9.68. The van der Waals surface area contributed by atoms with Crippen molar-refractivity contribution in [1.29, 1.82) is 0 Å². The van der Waals surface area contributed by atoms with Crippen LogP contribution in [-0.2, 0) is 0 Å². The second-order valence-electron chi connectivity index (χ2n) is 8.89. The molecule has 2 N–H and O–H groups in total. The van der Waals surface area contributed by atoms with Gasteiger partial charge in [-0.2, -0.15) is 5.10 Å². The molecule has 4 aromatic rings. The fourth-order valence-electron chi connectivity index (χ4n) is 5.00. The summed E-state index contributed by atoms with van der Waals surface area (Å²) in [5.41, 5.74) is 5.33. The van der Waals surface area contributed by atoms with Crippen LogP contribution < -0.4 is 0 Å². The summed E-state index contributed by atoms with van der Waals surface area (Å²) in [7, 11) is 0. The van der Waals surface area contributed by atoms with Gasteiger partial charge < -0.3 is 10.1 Å². The van der Waals surface area contributed by atoms with Gasteiger partial charge in [-0.25, -0.2) is 9.37 Å². The van der Waals surface area contributed by atoms with Crippen LogP contribution >= 0.6 is 23.2 Å². The molecule has 1 aliphatic rings. The van der Waals surface area contributed by atoms with Crippen LogP contribution in [-0.4, -0.2) is 31.0 Å². The van der Waals surface area contributed by atoms with E-state index in [1.165, 1.54) is 12.1 Å². The molecule has 0 bridgehead atoms. The Hall–Kier alpha value is -2.41. The topological polar surface area (TPSA) is 66.7 Å². The molecule has 3 heterocycles. The molecule has 5 rings (SSSR count). The van der Waals surface area contributed by atoms with Crippen LogP contribution in [0.5, 0.6) is 0 Å². The molecule has 3 aromatic heterocycles. The van der Waals surface area contributed by atoms with Gasteiger partial charge in [0.05, 0.1) is 23.4 Å². The number of H-pyrrole nitrogens is 1. The molecule has 0 radical (unpaired) electrons. The number of pyridine rings is 1. The maximum Gasteiger partial charge on any atom is 0.142 e. The number of rotatable bonds is 4. The third-order valence-electron chi connectivity index (χ3n) is 6.91. The highest BCUT2D eigenvalue weighted by molar-refractivity contribution is 6.36. The summed E-state index contributed by atoms with van der Waals surface area (Å²) in [4.78, 5) is 7.83. The van der Waals surface area contributed by atoms with E-state index in [1.807, 2.05) is 25.5 Å². The van der Waals surface area contributed by atoms with Crippen molar-refractivity contribution >= 4 is 34.2 Å². The normalized spacial score (nSPS) is 19.8. The van der Waals surface area contributed by atoms with Crippen molar-refractivity contribution in [3.63, 3.8) is 0 Å². The number of aliphatic hydroxyl groups is 1. The number of benzene rings is 1. The van der Waals surface area contributed by atoms with Crippen LogP contribution in [0.25, 0.3) is 22.2 Å². The first-order valence-corrected chi connectivity index (χ1v) is 11.9.